The maximum Gasteiger partial charge on any atom is 0.238 e. The molecule has 16 heavy (non-hydrogen) atoms. The standard InChI is InChI=1S/C9H12ClN3O2S/c1-6(10)5-13-9-3-2-7(4-8(9)11)16(12,14)15/h2-4,13H,1,5,11H2,(H2,12,14,15). The molecule has 88 valence electrons. The van der Waals surface area contributed by atoms with Crippen molar-refractivity contribution in [2.45, 2.75) is 4.90 Å². The van der Waals surface area contributed by atoms with Crippen LogP contribution in [0.2, 0.25) is 0 Å². The molecule has 7 heteroatoms. The second kappa shape index (κ2) is 4.73. The van der Waals surface area contributed by atoms with Gasteiger partial charge in [0.1, 0.15) is 0 Å². The van der Waals surface area contributed by atoms with Gasteiger partial charge in [-0.15, -0.1) is 0 Å². The van der Waals surface area contributed by atoms with Gasteiger partial charge in [0.05, 0.1) is 22.8 Å². The molecule has 0 aliphatic rings. The molecule has 0 unspecified atom stereocenters. The van der Waals surface area contributed by atoms with Crippen molar-refractivity contribution < 1.29 is 8.42 Å². The molecule has 0 atom stereocenters. The zero-order valence-corrected chi connectivity index (χ0v) is 9.98. The van der Waals surface area contributed by atoms with E-state index in [1.807, 2.05) is 0 Å². The van der Waals surface area contributed by atoms with Crippen LogP contribution < -0.4 is 16.2 Å². The maximum absolute atomic E-state index is 11.0. The summed E-state index contributed by atoms with van der Waals surface area (Å²) in [5, 5.41) is 8.28. The van der Waals surface area contributed by atoms with Crippen LogP contribution in [-0.4, -0.2) is 15.0 Å². The Hall–Kier alpha value is -1.24. The zero-order valence-electron chi connectivity index (χ0n) is 8.40. The van der Waals surface area contributed by atoms with E-state index in [4.69, 9.17) is 22.5 Å². The van der Waals surface area contributed by atoms with E-state index in [0.717, 1.165) is 0 Å². The Balaban J connectivity index is 2.96. The van der Waals surface area contributed by atoms with Crippen LogP contribution in [0.3, 0.4) is 0 Å². The van der Waals surface area contributed by atoms with Gasteiger partial charge >= 0.3 is 0 Å². The molecule has 0 saturated carbocycles. The lowest BCUT2D eigenvalue weighted by atomic mass is 10.2. The summed E-state index contributed by atoms with van der Waals surface area (Å²) in [5.74, 6) is 0. The first kappa shape index (κ1) is 12.8. The second-order valence-electron chi connectivity index (χ2n) is 3.16. The van der Waals surface area contributed by atoms with E-state index in [-0.39, 0.29) is 10.6 Å². The lowest BCUT2D eigenvalue weighted by molar-refractivity contribution is 0.598. The molecule has 1 rings (SSSR count). The van der Waals surface area contributed by atoms with E-state index < -0.39 is 10.0 Å². The average molecular weight is 262 g/mol. The fraction of sp³-hybridized carbons (Fsp3) is 0.111. The van der Waals surface area contributed by atoms with E-state index >= 15 is 0 Å². The van der Waals surface area contributed by atoms with Crippen molar-refractivity contribution in [3.8, 4) is 0 Å². The van der Waals surface area contributed by atoms with Crippen LogP contribution in [0, 0.1) is 0 Å². The van der Waals surface area contributed by atoms with E-state index in [1.165, 1.54) is 18.2 Å². The Bertz CT molecular complexity index is 513. The topological polar surface area (TPSA) is 98.2 Å². The number of hydrogen-bond acceptors (Lipinski definition) is 4. The molecule has 5 N–H and O–H groups in total. The zero-order chi connectivity index (χ0) is 12.3. The van der Waals surface area contributed by atoms with Crippen molar-refractivity contribution in [2.75, 3.05) is 17.6 Å². The predicted octanol–water partition coefficient (Wildman–Crippen LogP) is 1.08. The molecule has 0 spiro atoms. The number of sulfonamides is 1. The fourth-order valence-electron chi connectivity index (χ4n) is 1.07. The maximum atomic E-state index is 11.0. The van der Waals surface area contributed by atoms with Gasteiger partial charge < -0.3 is 11.1 Å². The van der Waals surface area contributed by atoms with Gasteiger partial charge in [-0.25, -0.2) is 13.6 Å². The Labute approximate surface area is 99.1 Å². The molecule has 1 aromatic carbocycles. The van der Waals surface area contributed by atoms with E-state index in [2.05, 4.69) is 11.9 Å². The van der Waals surface area contributed by atoms with Crippen molar-refractivity contribution in [3.05, 3.63) is 29.8 Å². The van der Waals surface area contributed by atoms with Crippen LogP contribution in [0.25, 0.3) is 0 Å². The Morgan fingerprint density at radius 3 is 2.56 bits per heavy atom. The van der Waals surface area contributed by atoms with Gasteiger partial charge in [-0.2, -0.15) is 0 Å². The predicted molar refractivity (Wildman–Crippen MR) is 65.7 cm³/mol. The van der Waals surface area contributed by atoms with Crippen molar-refractivity contribution in [2.24, 2.45) is 5.14 Å². The third kappa shape index (κ3) is 3.41. The summed E-state index contributed by atoms with van der Waals surface area (Å²) in [6.07, 6.45) is 0. The number of benzene rings is 1. The van der Waals surface area contributed by atoms with Gasteiger partial charge in [-0.3, -0.25) is 0 Å². The molecule has 0 bridgehead atoms. The van der Waals surface area contributed by atoms with Gasteiger partial charge in [-0.05, 0) is 18.2 Å². The molecule has 0 heterocycles. The minimum atomic E-state index is -3.72. The molecule has 0 radical (unpaired) electrons. The molecule has 0 aliphatic heterocycles. The summed E-state index contributed by atoms with van der Waals surface area (Å²) >= 11 is 5.57. The van der Waals surface area contributed by atoms with E-state index in [1.54, 1.807) is 0 Å². The number of primary sulfonamides is 1. The molecule has 0 aliphatic carbocycles. The highest BCUT2D eigenvalue weighted by Crippen LogP contribution is 2.22. The molecule has 0 amide bonds. The van der Waals surface area contributed by atoms with Crippen molar-refractivity contribution >= 4 is 33.0 Å². The van der Waals surface area contributed by atoms with Crippen LogP contribution in [0.15, 0.2) is 34.7 Å². The van der Waals surface area contributed by atoms with Crippen molar-refractivity contribution in [3.63, 3.8) is 0 Å². The summed E-state index contributed by atoms with van der Waals surface area (Å²) in [6, 6.07) is 4.18. The highest BCUT2D eigenvalue weighted by atomic mass is 35.5. The Morgan fingerprint density at radius 1 is 1.50 bits per heavy atom. The molecule has 0 aromatic heterocycles. The number of hydrogen-bond donors (Lipinski definition) is 3. The fourth-order valence-corrected chi connectivity index (χ4v) is 1.69. The van der Waals surface area contributed by atoms with Crippen LogP contribution in [-0.2, 0) is 10.0 Å². The van der Waals surface area contributed by atoms with Crippen molar-refractivity contribution in [1.29, 1.82) is 0 Å². The molecule has 1 aromatic rings. The average Bonchev–Trinajstić information content (AvgIpc) is 2.14. The van der Waals surface area contributed by atoms with Gasteiger partial charge in [0.15, 0.2) is 0 Å². The summed E-state index contributed by atoms with van der Waals surface area (Å²) < 4.78 is 22.1. The number of nitrogens with two attached hydrogens (primary N) is 2. The number of anilines is 2. The quantitative estimate of drug-likeness (QED) is 0.707. The Morgan fingerprint density at radius 2 is 2.12 bits per heavy atom. The van der Waals surface area contributed by atoms with Gasteiger partial charge in [0.2, 0.25) is 10.0 Å². The number of halogens is 1. The largest absolute Gasteiger partial charge is 0.397 e. The summed E-state index contributed by atoms with van der Waals surface area (Å²) in [6.45, 7) is 3.85. The van der Waals surface area contributed by atoms with Crippen molar-refractivity contribution in [1.82, 2.24) is 0 Å². The Kier molecular flexibility index (Phi) is 3.79. The molecule has 0 saturated heterocycles. The highest BCUT2D eigenvalue weighted by molar-refractivity contribution is 7.89. The summed E-state index contributed by atoms with van der Waals surface area (Å²) in [7, 11) is -3.72. The lowest BCUT2D eigenvalue weighted by Gasteiger charge is -2.09. The second-order valence-corrected chi connectivity index (χ2v) is 5.26. The minimum Gasteiger partial charge on any atom is -0.397 e. The van der Waals surface area contributed by atoms with Gasteiger partial charge in [0, 0.05) is 5.03 Å². The summed E-state index contributed by atoms with van der Waals surface area (Å²) in [4.78, 5) is -0.0275. The number of rotatable bonds is 4. The first-order valence-electron chi connectivity index (χ1n) is 4.30. The summed E-state index contributed by atoms with van der Waals surface area (Å²) in [5.41, 5.74) is 6.51. The third-order valence-corrected chi connectivity index (χ3v) is 2.87. The molecular weight excluding hydrogens is 250 g/mol. The van der Waals surface area contributed by atoms with E-state index in [0.29, 0.717) is 17.3 Å². The molecule has 5 nitrogen and oxygen atoms in total. The highest BCUT2D eigenvalue weighted by Gasteiger charge is 2.09. The number of nitrogens with one attached hydrogen (secondary N) is 1. The first-order valence-corrected chi connectivity index (χ1v) is 6.22. The first-order chi connectivity index (χ1) is 7.30. The van der Waals surface area contributed by atoms with Gasteiger partial charge in [-0.1, -0.05) is 18.2 Å². The van der Waals surface area contributed by atoms with Crippen LogP contribution in [0.4, 0.5) is 11.4 Å². The third-order valence-electron chi connectivity index (χ3n) is 1.82. The molecular formula is C9H12ClN3O2S. The monoisotopic (exact) mass is 261 g/mol. The van der Waals surface area contributed by atoms with Crippen LogP contribution in [0.1, 0.15) is 0 Å². The van der Waals surface area contributed by atoms with E-state index in [9.17, 15) is 8.42 Å². The van der Waals surface area contributed by atoms with Crippen LogP contribution in [0.5, 0.6) is 0 Å². The van der Waals surface area contributed by atoms with Gasteiger partial charge in [0.25, 0.3) is 0 Å². The SMILES string of the molecule is C=C(Cl)CNc1ccc(S(N)(=O)=O)cc1N. The normalized spacial score (nSPS) is 11.1. The smallest absolute Gasteiger partial charge is 0.238 e. The molecule has 0 fully saturated rings. The lowest BCUT2D eigenvalue weighted by Crippen LogP contribution is -2.13. The number of nitrogen functional groups attached to an aromatic ring is 1. The van der Waals surface area contributed by atoms with Crippen LogP contribution >= 0.6 is 11.6 Å². The minimum absolute atomic E-state index is 0.0275.